The summed E-state index contributed by atoms with van der Waals surface area (Å²) < 4.78 is 0. The lowest BCUT2D eigenvalue weighted by Crippen LogP contribution is -2.32. The Balaban J connectivity index is 2.24. The molecule has 1 aromatic heterocycles. The first-order valence-corrected chi connectivity index (χ1v) is 6.49. The smallest absolute Gasteiger partial charge is 0.0558 e. The molecule has 0 unspecified atom stereocenters. The van der Waals surface area contributed by atoms with E-state index in [0.29, 0.717) is 6.04 Å². The summed E-state index contributed by atoms with van der Waals surface area (Å²) in [5.74, 6) is 0. The zero-order valence-corrected chi connectivity index (χ0v) is 11.2. The van der Waals surface area contributed by atoms with Gasteiger partial charge in [-0.05, 0) is 18.5 Å². The highest BCUT2D eigenvalue weighted by molar-refractivity contribution is 7.10. The van der Waals surface area contributed by atoms with Crippen molar-refractivity contribution < 1.29 is 0 Å². The van der Waals surface area contributed by atoms with Gasteiger partial charge in [-0.1, -0.05) is 25.4 Å². The summed E-state index contributed by atoms with van der Waals surface area (Å²) in [5, 5.41) is 6.33. The number of nitrogens with one attached hydrogen (secondary N) is 1. The molecule has 1 aromatic rings. The van der Waals surface area contributed by atoms with E-state index >= 15 is 0 Å². The Morgan fingerprint density at radius 1 is 1.53 bits per heavy atom. The summed E-state index contributed by atoms with van der Waals surface area (Å²) in [6.07, 6.45) is 0. The standard InChI is InChI=1S/C11H19ClN2S/c1-9(2)13-5-6-14(3)8-11-10(12)4-7-15-11/h4,7,9,13H,5-6,8H2,1-3H3. The first-order valence-electron chi connectivity index (χ1n) is 5.23. The van der Waals surface area contributed by atoms with Crippen molar-refractivity contribution in [1.29, 1.82) is 0 Å². The highest BCUT2D eigenvalue weighted by atomic mass is 35.5. The minimum Gasteiger partial charge on any atom is -0.313 e. The van der Waals surface area contributed by atoms with Crippen molar-refractivity contribution in [3.05, 3.63) is 21.3 Å². The average Bonchev–Trinajstić information content (AvgIpc) is 2.51. The van der Waals surface area contributed by atoms with Crippen LogP contribution in [0, 0.1) is 0 Å². The van der Waals surface area contributed by atoms with Crippen LogP contribution in [0.4, 0.5) is 0 Å². The molecule has 0 bridgehead atoms. The molecule has 0 fully saturated rings. The molecule has 0 amide bonds. The Morgan fingerprint density at radius 2 is 2.27 bits per heavy atom. The van der Waals surface area contributed by atoms with Crippen LogP contribution in [-0.4, -0.2) is 31.1 Å². The Labute approximate surface area is 101 Å². The van der Waals surface area contributed by atoms with Gasteiger partial charge < -0.3 is 5.32 Å². The highest BCUT2D eigenvalue weighted by Crippen LogP contribution is 2.22. The molecule has 0 aliphatic carbocycles. The van der Waals surface area contributed by atoms with Gasteiger partial charge in [0.25, 0.3) is 0 Å². The van der Waals surface area contributed by atoms with Gasteiger partial charge in [0.2, 0.25) is 0 Å². The predicted octanol–water partition coefficient (Wildman–Crippen LogP) is 2.83. The fraction of sp³-hybridized carbons (Fsp3) is 0.636. The van der Waals surface area contributed by atoms with E-state index in [1.54, 1.807) is 11.3 Å². The first-order chi connectivity index (χ1) is 7.09. The monoisotopic (exact) mass is 246 g/mol. The van der Waals surface area contributed by atoms with Crippen LogP contribution in [-0.2, 0) is 6.54 Å². The highest BCUT2D eigenvalue weighted by Gasteiger charge is 2.05. The van der Waals surface area contributed by atoms with Crippen LogP contribution in [0.25, 0.3) is 0 Å². The zero-order chi connectivity index (χ0) is 11.3. The summed E-state index contributed by atoms with van der Waals surface area (Å²) in [6.45, 7) is 7.34. The van der Waals surface area contributed by atoms with Gasteiger partial charge in [0.05, 0.1) is 5.02 Å². The first kappa shape index (κ1) is 13.0. The van der Waals surface area contributed by atoms with Crippen molar-refractivity contribution in [1.82, 2.24) is 10.2 Å². The van der Waals surface area contributed by atoms with Crippen LogP contribution in [0.2, 0.25) is 5.02 Å². The summed E-state index contributed by atoms with van der Waals surface area (Å²) in [4.78, 5) is 3.54. The minimum absolute atomic E-state index is 0.559. The molecule has 0 saturated carbocycles. The molecule has 0 aliphatic heterocycles. The maximum absolute atomic E-state index is 6.04. The van der Waals surface area contributed by atoms with Gasteiger partial charge in [-0.3, -0.25) is 4.90 Å². The van der Waals surface area contributed by atoms with Gasteiger partial charge in [-0.15, -0.1) is 11.3 Å². The molecule has 15 heavy (non-hydrogen) atoms. The fourth-order valence-electron chi connectivity index (χ4n) is 1.31. The molecule has 86 valence electrons. The third-order valence-electron chi connectivity index (χ3n) is 2.15. The Kier molecular flexibility index (Phi) is 5.61. The number of hydrogen-bond acceptors (Lipinski definition) is 3. The Hall–Kier alpha value is -0.0900. The molecule has 1 heterocycles. The fourth-order valence-corrected chi connectivity index (χ4v) is 2.48. The largest absolute Gasteiger partial charge is 0.313 e. The summed E-state index contributed by atoms with van der Waals surface area (Å²) in [7, 11) is 2.12. The molecule has 1 N–H and O–H groups in total. The third kappa shape index (κ3) is 4.98. The van der Waals surface area contributed by atoms with E-state index in [2.05, 4.69) is 31.1 Å². The molecule has 2 nitrogen and oxygen atoms in total. The van der Waals surface area contributed by atoms with Gasteiger partial charge in [-0.2, -0.15) is 0 Å². The molecule has 4 heteroatoms. The van der Waals surface area contributed by atoms with Crippen molar-refractivity contribution in [3.63, 3.8) is 0 Å². The third-order valence-corrected chi connectivity index (χ3v) is 3.52. The van der Waals surface area contributed by atoms with E-state index in [1.807, 2.05) is 11.4 Å². The van der Waals surface area contributed by atoms with E-state index in [-0.39, 0.29) is 0 Å². The molecule has 0 radical (unpaired) electrons. The lowest BCUT2D eigenvalue weighted by atomic mass is 10.4. The van der Waals surface area contributed by atoms with Crippen LogP contribution in [0.5, 0.6) is 0 Å². The molecule has 0 saturated heterocycles. The minimum atomic E-state index is 0.559. The topological polar surface area (TPSA) is 15.3 Å². The van der Waals surface area contributed by atoms with E-state index in [9.17, 15) is 0 Å². The second-order valence-corrected chi connectivity index (χ2v) is 5.45. The van der Waals surface area contributed by atoms with Crippen molar-refractivity contribution in [3.8, 4) is 0 Å². The molecular formula is C11H19ClN2S. The average molecular weight is 247 g/mol. The van der Waals surface area contributed by atoms with E-state index in [4.69, 9.17) is 11.6 Å². The molecule has 0 aromatic carbocycles. The number of hydrogen-bond donors (Lipinski definition) is 1. The van der Waals surface area contributed by atoms with Crippen LogP contribution in [0.1, 0.15) is 18.7 Å². The maximum Gasteiger partial charge on any atom is 0.0558 e. The molecule has 0 spiro atoms. The summed E-state index contributed by atoms with van der Waals surface area (Å²) in [5.41, 5.74) is 0. The lowest BCUT2D eigenvalue weighted by molar-refractivity contribution is 0.322. The number of rotatable bonds is 6. The molecular weight excluding hydrogens is 228 g/mol. The molecule has 0 aliphatic rings. The second kappa shape index (κ2) is 6.48. The van der Waals surface area contributed by atoms with Crippen molar-refractivity contribution in [2.24, 2.45) is 0 Å². The van der Waals surface area contributed by atoms with Crippen LogP contribution < -0.4 is 5.32 Å². The van der Waals surface area contributed by atoms with E-state index in [1.165, 1.54) is 4.88 Å². The maximum atomic E-state index is 6.04. The second-order valence-electron chi connectivity index (χ2n) is 4.04. The van der Waals surface area contributed by atoms with Crippen LogP contribution in [0.3, 0.4) is 0 Å². The van der Waals surface area contributed by atoms with Crippen molar-refractivity contribution in [2.75, 3.05) is 20.1 Å². The van der Waals surface area contributed by atoms with Gasteiger partial charge in [0.1, 0.15) is 0 Å². The van der Waals surface area contributed by atoms with E-state index < -0.39 is 0 Å². The van der Waals surface area contributed by atoms with Gasteiger partial charge >= 0.3 is 0 Å². The van der Waals surface area contributed by atoms with Gasteiger partial charge in [-0.25, -0.2) is 0 Å². The predicted molar refractivity (Wildman–Crippen MR) is 68.8 cm³/mol. The molecule has 1 rings (SSSR count). The SMILES string of the molecule is CC(C)NCCN(C)Cc1sccc1Cl. The lowest BCUT2D eigenvalue weighted by Gasteiger charge is -2.17. The van der Waals surface area contributed by atoms with Gasteiger partial charge in [0.15, 0.2) is 0 Å². The van der Waals surface area contributed by atoms with Crippen LogP contribution in [0.15, 0.2) is 11.4 Å². The number of likely N-dealkylation sites (N-methyl/N-ethyl adjacent to an activating group) is 1. The Morgan fingerprint density at radius 3 is 2.80 bits per heavy atom. The molecule has 0 atom stereocenters. The quantitative estimate of drug-likeness (QED) is 0.831. The van der Waals surface area contributed by atoms with Crippen molar-refractivity contribution in [2.45, 2.75) is 26.4 Å². The van der Waals surface area contributed by atoms with Crippen molar-refractivity contribution >= 4 is 22.9 Å². The summed E-state index contributed by atoms with van der Waals surface area (Å²) in [6, 6.07) is 2.52. The zero-order valence-electron chi connectivity index (χ0n) is 9.59. The van der Waals surface area contributed by atoms with E-state index in [0.717, 1.165) is 24.7 Å². The summed E-state index contributed by atoms with van der Waals surface area (Å²) >= 11 is 7.76. The number of thiophene rings is 1. The van der Waals surface area contributed by atoms with Crippen LogP contribution >= 0.6 is 22.9 Å². The number of nitrogens with zero attached hydrogens (tertiary/aromatic N) is 1. The number of halogens is 1. The van der Waals surface area contributed by atoms with Gasteiger partial charge in [0, 0.05) is 30.6 Å². The Bertz CT molecular complexity index is 286. The normalized spacial score (nSPS) is 11.6.